The third-order valence-corrected chi connectivity index (χ3v) is 4.77. The normalized spacial score (nSPS) is 41.9. The van der Waals surface area contributed by atoms with E-state index in [1.807, 2.05) is 6.08 Å². The van der Waals surface area contributed by atoms with Crippen LogP contribution in [0.25, 0.3) is 0 Å². The van der Waals surface area contributed by atoms with E-state index in [-0.39, 0.29) is 37.3 Å². The minimum atomic E-state index is -1.11. The predicted octanol–water partition coefficient (Wildman–Crippen LogP) is 0.900. The predicted molar refractivity (Wildman–Crippen MR) is 71.4 cm³/mol. The summed E-state index contributed by atoms with van der Waals surface area (Å²) in [5.74, 6) is 0.242. The highest BCUT2D eigenvalue weighted by atomic mass is 16.3. The number of hydrogen-bond donors (Lipinski definition) is 3. The molecule has 0 radical (unpaired) electrons. The lowest BCUT2D eigenvalue weighted by atomic mass is 9.60. The van der Waals surface area contributed by atoms with Gasteiger partial charge in [0.2, 0.25) is 0 Å². The third kappa shape index (κ3) is 2.91. The standard InChI is InChI=1S/C15H24O4/c1-15(19)6-4-11-8-10(9-17)2-3-12(11)14(15)13(18)5-7-16/h4,6,10-12,14,16-17,19H,2-3,5,7-9H2,1H3. The van der Waals surface area contributed by atoms with Crippen LogP contribution in [-0.2, 0) is 4.79 Å². The number of fused-ring (bicyclic) bond motifs is 1. The number of ketones is 1. The molecule has 1 saturated carbocycles. The van der Waals surface area contributed by atoms with E-state index in [4.69, 9.17) is 5.11 Å². The van der Waals surface area contributed by atoms with Gasteiger partial charge in [0, 0.05) is 19.6 Å². The summed E-state index contributed by atoms with van der Waals surface area (Å²) in [6.07, 6.45) is 6.50. The zero-order valence-corrected chi connectivity index (χ0v) is 11.5. The lowest BCUT2D eigenvalue weighted by Gasteiger charge is -2.46. The Morgan fingerprint density at radius 1 is 1.37 bits per heavy atom. The zero-order valence-electron chi connectivity index (χ0n) is 11.5. The molecular formula is C15H24O4. The SMILES string of the molecule is CC1(O)C=CC2CC(CO)CCC2C1C(=O)CCO. The van der Waals surface area contributed by atoms with E-state index in [1.165, 1.54) is 0 Å². The molecule has 2 aliphatic rings. The smallest absolute Gasteiger partial charge is 0.141 e. The van der Waals surface area contributed by atoms with E-state index in [9.17, 15) is 15.0 Å². The number of aliphatic hydroxyl groups excluding tert-OH is 2. The van der Waals surface area contributed by atoms with Gasteiger partial charge in [-0.1, -0.05) is 12.2 Å². The molecule has 0 heterocycles. The lowest BCUT2D eigenvalue weighted by molar-refractivity contribution is -0.136. The molecule has 4 heteroatoms. The molecule has 0 aromatic heterocycles. The summed E-state index contributed by atoms with van der Waals surface area (Å²) in [5, 5.41) is 28.7. The summed E-state index contributed by atoms with van der Waals surface area (Å²) in [6, 6.07) is 0. The van der Waals surface area contributed by atoms with Crippen molar-refractivity contribution in [1.82, 2.24) is 0 Å². The van der Waals surface area contributed by atoms with Gasteiger partial charge in [0.1, 0.15) is 5.78 Å². The molecule has 0 spiro atoms. The van der Waals surface area contributed by atoms with Gasteiger partial charge in [0.05, 0.1) is 11.5 Å². The van der Waals surface area contributed by atoms with Crippen molar-refractivity contribution < 1.29 is 20.1 Å². The second-order valence-electron chi connectivity index (χ2n) is 6.19. The number of hydrogen-bond acceptors (Lipinski definition) is 4. The van der Waals surface area contributed by atoms with Crippen LogP contribution >= 0.6 is 0 Å². The molecule has 0 saturated heterocycles. The molecule has 19 heavy (non-hydrogen) atoms. The summed E-state index contributed by atoms with van der Waals surface area (Å²) >= 11 is 0. The van der Waals surface area contributed by atoms with E-state index in [0.29, 0.717) is 5.92 Å². The van der Waals surface area contributed by atoms with Gasteiger partial charge in [-0.05, 0) is 43.9 Å². The summed E-state index contributed by atoms with van der Waals surface area (Å²) in [4.78, 5) is 12.2. The number of rotatable bonds is 4. The summed E-state index contributed by atoms with van der Waals surface area (Å²) < 4.78 is 0. The van der Waals surface area contributed by atoms with E-state index in [1.54, 1.807) is 13.0 Å². The van der Waals surface area contributed by atoms with Crippen molar-refractivity contribution in [1.29, 1.82) is 0 Å². The van der Waals surface area contributed by atoms with Gasteiger partial charge >= 0.3 is 0 Å². The Labute approximate surface area is 114 Å². The molecule has 1 fully saturated rings. The van der Waals surface area contributed by atoms with Crippen LogP contribution in [0.4, 0.5) is 0 Å². The van der Waals surface area contributed by atoms with Gasteiger partial charge in [-0.3, -0.25) is 4.79 Å². The highest BCUT2D eigenvalue weighted by Gasteiger charge is 2.47. The van der Waals surface area contributed by atoms with Crippen LogP contribution in [0.5, 0.6) is 0 Å². The van der Waals surface area contributed by atoms with Crippen molar-refractivity contribution in [2.75, 3.05) is 13.2 Å². The highest BCUT2D eigenvalue weighted by molar-refractivity contribution is 5.83. The maximum absolute atomic E-state index is 12.2. The molecular weight excluding hydrogens is 244 g/mol. The molecule has 5 unspecified atom stereocenters. The molecule has 3 N–H and O–H groups in total. The molecule has 0 amide bonds. The maximum Gasteiger partial charge on any atom is 0.141 e. The maximum atomic E-state index is 12.2. The molecule has 2 aliphatic carbocycles. The second-order valence-corrected chi connectivity index (χ2v) is 6.19. The Morgan fingerprint density at radius 3 is 2.74 bits per heavy atom. The van der Waals surface area contributed by atoms with Gasteiger partial charge in [-0.25, -0.2) is 0 Å². The van der Waals surface area contributed by atoms with E-state index < -0.39 is 11.5 Å². The third-order valence-electron chi connectivity index (χ3n) is 4.77. The van der Waals surface area contributed by atoms with Crippen molar-refractivity contribution in [2.24, 2.45) is 23.7 Å². The molecule has 108 valence electrons. The number of aliphatic hydroxyl groups is 3. The summed E-state index contributed by atoms with van der Waals surface area (Å²) in [6.45, 7) is 1.71. The van der Waals surface area contributed by atoms with Crippen molar-refractivity contribution >= 4 is 5.78 Å². The Bertz CT molecular complexity index is 361. The monoisotopic (exact) mass is 268 g/mol. The Morgan fingerprint density at radius 2 is 2.11 bits per heavy atom. The fourth-order valence-electron chi connectivity index (χ4n) is 3.81. The Hall–Kier alpha value is -0.710. The van der Waals surface area contributed by atoms with Crippen molar-refractivity contribution in [2.45, 2.75) is 38.2 Å². The van der Waals surface area contributed by atoms with E-state index in [2.05, 4.69) is 0 Å². The van der Waals surface area contributed by atoms with Crippen LogP contribution in [0.3, 0.4) is 0 Å². The molecule has 0 aromatic carbocycles. The van der Waals surface area contributed by atoms with Crippen LogP contribution in [0.2, 0.25) is 0 Å². The van der Waals surface area contributed by atoms with Gasteiger partial charge in [-0.2, -0.15) is 0 Å². The zero-order chi connectivity index (χ0) is 14.0. The molecule has 0 bridgehead atoms. The molecule has 4 nitrogen and oxygen atoms in total. The van der Waals surface area contributed by atoms with Gasteiger partial charge in [0.25, 0.3) is 0 Å². The number of allylic oxidation sites excluding steroid dienone is 1. The van der Waals surface area contributed by atoms with Crippen molar-refractivity contribution in [3.05, 3.63) is 12.2 Å². The first-order valence-corrected chi connectivity index (χ1v) is 7.15. The van der Waals surface area contributed by atoms with Crippen LogP contribution in [-0.4, -0.2) is 39.9 Å². The van der Waals surface area contributed by atoms with Crippen LogP contribution in [0, 0.1) is 23.7 Å². The first-order valence-electron chi connectivity index (χ1n) is 7.15. The summed E-state index contributed by atoms with van der Waals surface area (Å²) in [5.41, 5.74) is -1.11. The van der Waals surface area contributed by atoms with Gasteiger partial charge in [-0.15, -0.1) is 0 Å². The summed E-state index contributed by atoms with van der Waals surface area (Å²) in [7, 11) is 0. The molecule has 5 atom stereocenters. The van der Waals surface area contributed by atoms with E-state index >= 15 is 0 Å². The fraction of sp³-hybridized carbons (Fsp3) is 0.800. The van der Waals surface area contributed by atoms with Crippen LogP contribution in [0.15, 0.2) is 12.2 Å². The van der Waals surface area contributed by atoms with Gasteiger partial charge in [0.15, 0.2) is 0 Å². The fourth-order valence-corrected chi connectivity index (χ4v) is 3.81. The lowest BCUT2D eigenvalue weighted by Crippen LogP contribution is -2.49. The first-order chi connectivity index (χ1) is 8.99. The Kier molecular flexibility index (Phi) is 4.43. The van der Waals surface area contributed by atoms with E-state index in [0.717, 1.165) is 19.3 Å². The van der Waals surface area contributed by atoms with Crippen LogP contribution < -0.4 is 0 Å². The number of Topliss-reactive ketones (excluding diaryl/α,β-unsaturated/α-hetero) is 1. The largest absolute Gasteiger partial charge is 0.396 e. The molecule has 0 aliphatic heterocycles. The van der Waals surface area contributed by atoms with Crippen LogP contribution in [0.1, 0.15) is 32.6 Å². The van der Waals surface area contributed by atoms with Gasteiger partial charge < -0.3 is 15.3 Å². The number of carbonyl (C=O) groups is 1. The average Bonchev–Trinajstić information content (AvgIpc) is 2.37. The van der Waals surface area contributed by atoms with Crippen molar-refractivity contribution in [3.63, 3.8) is 0 Å². The Balaban J connectivity index is 2.21. The van der Waals surface area contributed by atoms with Crippen molar-refractivity contribution in [3.8, 4) is 0 Å². The molecule has 0 aromatic rings. The average molecular weight is 268 g/mol. The second kappa shape index (κ2) is 5.73. The molecule has 2 rings (SSSR count). The highest BCUT2D eigenvalue weighted by Crippen LogP contribution is 2.46. The quantitative estimate of drug-likeness (QED) is 0.662. The first kappa shape index (κ1) is 14.7. The topological polar surface area (TPSA) is 77.8 Å². The number of carbonyl (C=O) groups excluding carboxylic acids is 1. The minimum absolute atomic E-state index is 0.0469. The minimum Gasteiger partial charge on any atom is -0.396 e.